The van der Waals surface area contributed by atoms with Crippen LogP contribution in [0.2, 0.25) is 0 Å². The third-order valence-corrected chi connectivity index (χ3v) is 6.55. The van der Waals surface area contributed by atoms with Crippen LogP contribution in [0.5, 0.6) is 5.75 Å². The smallest absolute Gasteiger partial charge is 0.251 e. The minimum atomic E-state index is -3.77. The highest BCUT2D eigenvalue weighted by molar-refractivity contribution is 7.89. The van der Waals surface area contributed by atoms with Gasteiger partial charge in [-0.1, -0.05) is 19.9 Å². The van der Waals surface area contributed by atoms with Crippen molar-refractivity contribution in [1.29, 1.82) is 0 Å². The molecule has 0 saturated carbocycles. The van der Waals surface area contributed by atoms with Crippen molar-refractivity contribution in [2.24, 2.45) is 0 Å². The van der Waals surface area contributed by atoms with Gasteiger partial charge in [-0.25, -0.2) is 13.4 Å². The van der Waals surface area contributed by atoms with E-state index in [1.165, 1.54) is 23.5 Å². The fourth-order valence-electron chi connectivity index (χ4n) is 2.97. The van der Waals surface area contributed by atoms with Crippen LogP contribution >= 0.6 is 0 Å². The Balaban J connectivity index is 2.31. The quantitative estimate of drug-likeness (QED) is 0.668. The van der Waals surface area contributed by atoms with Gasteiger partial charge in [0.05, 0.1) is 7.11 Å². The predicted molar refractivity (Wildman–Crippen MR) is 113 cm³/mol. The maximum Gasteiger partial charge on any atom is 0.251 e. The monoisotopic (exact) mass is 420 g/mol. The Kier molecular flexibility index (Phi) is 7.58. The first-order valence-corrected chi connectivity index (χ1v) is 10.8. The van der Waals surface area contributed by atoms with E-state index in [2.05, 4.69) is 10.3 Å². The van der Waals surface area contributed by atoms with Crippen molar-refractivity contribution >= 4 is 21.7 Å². The third kappa shape index (κ3) is 5.04. The summed E-state index contributed by atoms with van der Waals surface area (Å²) in [6, 6.07) is 8.09. The van der Waals surface area contributed by atoms with Gasteiger partial charge in [-0.3, -0.25) is 4.79 Å². The highest BCUT2D eigenvalue weighted by atomic mass is 32.2. The van der Waals surface area contributed by atoms with E-state index in [4.69, 9.17) is 4.74 Å². The Labute approximate surface area is 172 Å². The molecule has 0 saturated heterocycles. The Morgan fingerprint density at radius 1 is 1.17 bits per heavy atom. The van der Waals surface area contributed by atoms with Crippen LogP contribution in [-0.4, -0.2) is 57.9 Å². The van der Waals surface area contributed by atoms with Crippen molar-refractivity contribution in [2.45, 2.75) is 25.3 Å². The number of anilines is 1. The molecular formula is C20H28N4O4S. The van der Waals surface area contributed by atoms with Crippen LogP contribution in [0.15, 0.2) is 41.4 Å². The van der Waals surface area contributed by atoms with Crippen LogP contribution in [-0.2, 0) is 16.6 Å². The molecule has 1 N–H and O–H groups in total. The fourth-order valence-corrected chi connectivity index (χ4v) is 4.61. The number of amides is 1. The van der Waals surface area contributed by atoms with E-state index in [-0.39, 0.29) is 28.7 Å². The lowest BCUT2D eigenvalue weighted by molar-refractivity contribution is 0.0950. The minimum absolute atomic E-state index is 0.0216. The average molecular weight is 421 g/mol. The Morgan fingerprint density at radius 3 is 2.45 bits per heavy atom. The third-order valence-electron chi connectivity index (χ3n) is 4.48. The summed E-state index contributed by atoms with van der Waals surface area (Å²) >= 11 is 0. The number of ether oxygens (including phenoxy) is 1. The Hall–Kier alpha value is -2.65. The molecule has 0 fully saturated rings. The lowest BCUT2D eigenvalue weighted by Crippen LogP contribution is -2.31. The summed E-state index contributed by atoms with van der Waals surface area (Å²) in [5.41, 5.74) is 1.10. The van der Waals surface area contributed by atoms with Gasteiger partial charge in [-0.05, 0) is 24.3 Å². The van der Waals surface area contributed by atoms with E-state index in [9.17, 15) is 13.2 Å². The summed E-state index contributed by atoms with van der Waals surface area (Å²) in [6.45, 7) is 4.45. The van der Waals surface area contributed by atoms with Crippen molar-refractivity contribution < 1.29 is 17.9 Å². The van der Waals surface area contributed by atoms with Gasteiger partial charge in [0.25, 0.3) is 5.91 Å². The van der Waals surface area contributed by atoms with Crippen LogP contribution < -0.4 is 15.0 Å². The first-order chi connectivity index (χ1) is 13.8. The molecule has 0 atom stereocenters. The number of nitrogens with zero attached hydrogens (tertiary/aromatic N) is 3. The van der Waals surface area contributed by atoms with Gasteiger partial charge in [0.1, 0.15) is 16.5 Å². The number of benzene rings is 1. The average Bonchev–Trinajstić information content (AvgIpc) is 2.72. The number of methoxy groups -OCH3 is 1. The number of carbonyl (C=O) groups is 1. The second kappa shape index (κ2) is 9.71. The van der Waals surface area contributed by atoms with Gasteiger partial charge >= 0.3 is 0 Å². The summed E-state index contributed by atoms with van der Waals surface area (Å²) in [5.74, 6) is 0.583. The Morgan fingerprint density at radius 2 is 1.86 bits per heavy atom. The number of aromatic nitrogens is 1. The lowest BCUT2D eigenvalue weighted by atomic mass is 10.2. The van der Waals surface area contributed by atoms with Gasteiger partial charge in [-0.2, -0.15) is 4.31 Å². The first kappa shape index (κ1) is 22.6. The van der Waals surface area contributed by atoms with Crippen LogP contribution in [0.3, 0.4) is 0 Å². The molecule has 0 aliphatic heterocycles. The van der Waals surface area contributed by atoms with Gasteiger partial charge in [0.15, 0.2) is 0 Å². The van der Waals surface area contributed by atoms with E-state index >= 15 is 0 Å². The summed E-state index contributed by atoms with van der Waals surface area (Å²) in [7, 11) is 1.38. The number of pyridine rings is 1. The van der Waals surface area contributed by atoms with Crippen LogP contribution in [0, 0.1) is 0 Å². The van der Waals surface area contributed by atoms with Gasteiger partial charge in [-0.15, -0.1) is 0 Å². The summed E-state index contributed by atoms with van der Waals surface area (Å²) in [5, 5.41) is 2.83. The van der Waals surface area contributed by atoms with Crippen molar-refractivity contribution in [3.63, 3.8) is 0 Å². The molecule has 0 unspecified atom stereocenters. The van der Waals surface area contributed by atoms with E-state index in [0.717, 1.165) is 11.4 Å². The molecular weight excluding hydrogens is 392 g/mol. The normalized spacial score (nSPS) is 11.4. The number of rotatable bonds is 9. The number of hydrogen-bond donors (Lipinski definition) is 1. The van der Waals surface area contributed by atoms with Crippen molar-refractivity contribution in [2.75, 3.05) is 39.2 Å². The second-order valence-electron chi connectivity index (χ2n) is 6.52. The highest BCUT2D eigenvalue weighted by Crippen LogP contribution is 2.28. The number of sulfonamides is 1. The summed E-state index contributed by atoms with van der Waals surface area (Å²) in [4.78, 5) is 18.8. The molecule has 29 heavy (non-hydrogen) atoms. The SMILES string of the molecule is CCN(CC)S(=O)(=O)c1cc(C(=O)NCc2cccnc2N(C)C)ccc1OC. The van der Waals surface area contributed by atoms with E-state index < -0.39 is 10.0 Å². The number of hydrogen-bond acceptors (Lipinski definition) is 6. The zero-order valence-corrected chi connectivity index (χ0v) is 18.3. The first-order valence-electron chi connectivity index (χ1n) is 9.33. The highest BCUT2D eigenvalue weighted by Gasteiger charge is 2.26. The van der Waals surface area contributed by atoms with Crippen molar-refractivity contribution in [3.8, 4) is 5.75 Å². The molecule has 0 radical (unpaired) electrons. The van der Waals surface area contributed by atoms with Crippen LogP contribution in [0.1, 0.15) is 29.8 Å². The molecule has 1 aromatic heterocycles. The van der Waals surface area contributed by atoms with E-state index in [1.54, 1.807) is 32.2 Å². The molecule has 0 bridgehead atoms. The molecule has 2 rings (SSSR count). The van der Waals surface area contributed by atoms with Crippen molar-refractivity contribution in [1.82, 2.24) is 14.6 Å². The largest absolute Gasteiger partial charge is 0.495 e. The fraction of sp³-hybridized carbons (Fsp3) is 0.400. The van der Waals surface area contributed by atoms with E-state index in [1.807, 2.05) is 25.1 Å². The number of nitrogens with one attached hydrogen (secondary N) is 1. The lowest BCUT2D eigenvalue weighted by Gasteiger charge is -2.20. The molecule has 0 aliphatic rings. The minimum Gasteiger partial charge on any atom is -0.495 e. The molecule has 0 spiro atoms. The molecule has 2 aromatic rings. The standard InChI is InChI=1S/C20H28N4O4S/c1-6-24(7-2)29(26,27)18-13-15(10-11-17(18)28-5)20(25)22-14-16-9-8-12-21-19(16)23(3)4/h8-13H,6-7,14H2,1-5H3,(H,22,25). The maximum atomic E-state index is 12.9. The predicted octanol–water partition coefficient (Wildman–Crippen LogP) is 2.12. The molecule has 1 heterocycles. The topological polar surface area (TPSA) is 91.8 Å². The molecule has 1 amide bonds. The second-order valence-corrected chi connectivity index (χ2v) is 8.42. The molecule has 8 nitrogen and oxygen atoms in total. The van der Waals surface area contributed by atoms with Gasteiger partial charge in [0.2, 0.25) is 10.0 Å². The molecule has 9 heteroatoms. The molecule has 0 aliphatic carbocycles. The van der Waals surface area contributed by atoms with Gasteiger partial charge in [0, 0.05) is 51.1 Å². The maximum absolute atomic E-state index is 12.9. The zero-order chi connectivity index (χ0) is 21.6. The zero-order valence-electron chi connectivity index (χ0n) is 17.5. The molecule has 1 aromatic carbocycles. The van der Waals surface area contributed by atoms with E-state index in [0.29, 0.717) is 13.1 Å². The van der Waals surface area contributed by atoms with Gasteiger partial charge < -0.3 is 15.0 Å². The summed E-state index contributed by atoms with van der Waals surface area (Å²) in [6.07, 6.45) is 1.69. The Bertz CT molecular complexity index is 957. The van der Waals surface area contributed by atoms with Crippen molar-refractivity contribution in [3.05, 3.63) is 47.7 Å². The van der Waals surface area contributed by atoms with Crippen LogP contribution in [0.25, 0.3) is 0 Å². The molecule has 158 valence electrons. The summed E-state index contributed by atoms with van der Waals surface area (Å²) < 4.78 is 32.4. The van der Waals surface area contributed by atoms with Crippen LogP contribution in [0.4, 0.5) is 5.82 Å². The number of carbonyl (C=O) groups excluding carboxylic acids is 1.